The number of hydrogen-bond acceptors (Lipinski definition) is 3. The minimum absolute atomic E-state index is 0.132. The largest absolute Gasteiger partial charge is 0.481 e. The maximum absolute atomic E-state index is 11.3. The van der Waals surface area contributed by atoms with Crippen LogP contribution in [0.4, 0.5) is 0 Å². The van der Waals surface area contributed by atoms with Crippen LogP contribution in [0.15, 0.2) is 0 Å². The molecular formula is C11H22N2O3. The SMILES string of the molecule is CCC(N)C(=O)NCCC(C)CCC(=O)O. The Morgan fingerprint density at radius 3 is 2.50 bits per heavy atom. The lowest BCUT2D eigenvalue weighted by Crippen LogP contribution is -2.40. The fraction of sp³-hybridized carbons (Fsp3) is 0.818. The predicted molar refractivity (Wildman–Crippen MR) is 61.9 cm³/mol. The Kier molecular flexibility index (Phi) is 7.54. The number of rotatable bonds is 8. The van der Waals surface area contributed by atoms with Crippen LogP contribution in [0.25, 0.3) is 0 Å². The number of nitrogens with two attached hydrogens (primary N) is 1. The van der Waals surface area contributed by atoms with Gasteiger partial charge in [0.25, 0.3) is 0 Å². The quantitative estimate of drug-likeness (QED) is 0.573. The summed E-state index contributed by atoms with van der Waals surface area (Å²) in [6, 6.07) is -0.436. The molecule has 4 N–H and O–H groups in total. The van der Waals surface area contributed by atoms with Crippen LogP contribution >= 0.6 is 0 Å². The van der Waals surface area contributed by atoms with Crippen molar-refractivity contribution in [2.45, 2.75) is 45.6 Å². The van der Waals surface area contributed by atoms with E-state index in [1.165, 1.54) is 0 Å². The number of aliphatic carboxylic acids is 1. The maximum atomic E-state index is 11.3. The lowest BCUT2D eigenvalue weighted by Gasteiger charge is -2.13. The Hall–Kier alpha value is -1.10. The molecule has 0 saturated heterocycles. The summed E-state index contributed by atoms with van der Waals surface area (Å²) in [5.41, 5.74) is 5.54. The van der Waals surface area contributed by atoms with Crippen LogP contribution in [-0.4, -0.2) is 29.6 Å². The van der Waals surface area contributed by atoms with E-state index < -0.39 is 12.0 Å². The summed E-state index contributed by atoms with van der Waals surface area (Å²) in [5.74, 6) is -0.605. The summed E-state index contributed by atoms with van der Waals surface area (Å²) in [5, 5.41) is 11.2. The Morgan fingerprint density at radius 2 is 2.00 bits per heavy atom. The van der Waals surface area contributed by atoms with Crippen molar-refractivity contribution < 1.29 is 14.7 Å². The highest BCUT2D eigenvalue weighted by Crippen LogP contribution is 2.09. The molecule has 0 radical (unpaired) electrons. The first kappa shape index (κ1) is 14.9. The van der Waals surface area contributed by atoms with E-state index in [1.54, 1.807) is 0 Å². The van der Waals surface area contributed by atoms with Crippen molar-refractivity contribution in [1.82, 2.24) is 5.32 Å². The molecule has 5 heteroatoms. The Bertz CT molecular complexity index is 231. The molecule has 0 bridgehead atoms. The molecule has 2 unspecified atom stereocenters. The highest BCUT2D eigenvalue weighted by molar-refractivity contribution is 5.81. The van der Waals surface area contributed by atoms with Crippen molar-refractivity contribution >= 4 is 11.9 Å². The smallest absolute Gasteiger partial charge is 0.303 e. The van der Waals surface area contributed by atoms with E-state index in [0.29, 0.717) is 25.3 Å². The second-order valence-electron chi connectivity index (χ2n) is 4.13. The van der Waals surface area contributed by atoms with Gasteiger partial charge in [-0.3, -0.25) is 9.59 Å². The number of carbonyl (C=O) groups excluding carboxylic acids is 1. The number of carboxylic acid groups (broad SMARTS) is 1. The second-order valence-corrected chi connectivity index (χ2v) is 4.13. The Balaban J connectivity index is 3.57. The molecule has 94 valence electrons. The normalized spacial score (nSPS) is 14.2. The molecule has 0 aliphatic heterocycles. The molecule has 0 aromatic heterocycles. The number of carbonyl (C=O) groups is 2. The van der Waals surface area contributed by atoms with Crippen molar-refractivity contribution in [3.63, 3.8) is 0 Å². The molecule has 0 aliphatic carbocycles. The van der Waals surface area contributed by atoms with Crippen LogP contribution in [0.1, 0.15) is 39.5 Å². The molecule has 0 rings (SSSR count). The van der Waals surface area contributed by atoms with E-state index in [9.17, 15) is 9.59 Å². The zero-order valence-corrected chi connectivity index (χ0v) is 10.0. The van der Waals surface area contributed by atoms with Gasteiger partial charge in [-0.05, 0) is 25.2 Å². The van der Waals surface area contributed by atoms with E-state index in [2.05, 4.69) is 5.32 Å². The van der Waals surface area contributed by atoms with Crippen molar-refractivity contribution in [1.29, 1.82) is 0 Å². The molecule has 0 fully saturated rings. The van der Waals surface area contributed by atoms with Crippen LogP contribution in [-0.2, 0) is 9.59 Å². The number of hydrogen-bond donors (Lipinski definition) is 3. The summed E-state index contributed by atoms with van der Waals surface area (Å²) >= 11 is 0. The number of carboxylic acids is 1. The van der Waals surface area contributed by atoms with Gasteiger partial charge in [0.05, 0.1) is 6.04 Å². The summed E-state index contributed by atoms with van der Waals surface area (Å²) in [6.45, 7) is 4.40. The zero-order chi connectivity index (χ0) is 12.6. The molecule has 1 amide bonds. The average molecular weight is 230 g/mol. The van der Waals surface area contributed by atoms with Crippen LogP contribution in [0, 0.1) is 5.92 Å². The fourth-order valence-corrected chi connectivity index (χ4v) is 1.27. The third-order valence-electron chi connectivity index (χ3n) is 2.56. The average Bonchev–Trinajstić information content (AvgIpc) is 2.24. The van der Waals surface area contributed by atoms with E-state index in [-0.39, 0.29) is 12.3 Å². The van der Waals surface area contributed by atoms with Gasteiger partial charge in [0.1, 0.15) is 0 Å². The van der Waals surface area contributed by atoms with Crippen molar-refractivity contribution in [3.05, 3.63) is 0 Å². The molecule has 16 heavy (non-hydrogen) atoms. The highest BCUT2D eigenvalue weighted by atomic mass is 16.4. The topological polar surface area (TPSA) is 92.4 Å². The summed E-state index contributed by atoms with van der Waals surface area (Å²) in [7, 11) is 0. The maximum Gasteiger partial charge on any atom is 0.303 e. The standard InChI is InChI=1S/C11H22N2O3/c1-3-9(12)11(16)13-7-6-8(2)4-5-10(14)15/h8-9H,3-7,12H2,1-2H3,(H,13,16)(H,14,15). The van der Waals surface area contributed by atoms with Gasteiger partial charge in [-0.25, -0.2) is 0 Å². The van der Waals surface area contributed by atoms with Gasteiger partial charge in [-0.2, -0.15) is 0 Å². The molecule has 0 aliphatic rings. The highest BCUT2D eigenvalue weighted by Gasteiger charge is 2.11. The fourth-order valence-electron chi connectivity index (χ4n) is 1.27. The van der Waals surface area contributed by atoms with E-state index in [1.807, 2.05) is 13.8 Å². The van der Waals surface area contributed by atoms with Crippen molar-refractivity contribution in [2.75, 3.05) is 6.54 Å². The van der Waals surface area contributed by atoms with E-state index >= 15 is 0 Å². The number of nitrogens with one attached hydrogen (secondary N) is 1. The van der Waals surface area contributed by atoms with Crippen molar-refractivity contribution in [2.24, 2.45) is 11.7 Å². The van der Waals surface area contributed by atoms with Crippen LogP contribution in [0.2, 0.25) is 0 Å². The molecule has 0 aromatic rings. The van der Waals surface area contributed by atoms with Crippen LogP contribution < -0.4 is 11.1 Å². The monoisotopic (exact) mass is 230 g/mol. The minimum Gasteiger partial charge on any atom is -0.481 e. The molecule has 0 aromatic carbocycles. The minimum atomic E-state index is -0.774. The first-order chi connectivity index (χ1) is 7.47. The molecule has 0 saturated carbocycles. The molecular weight excluding hydrogens is 208 g/mol. The van der Waals surface area contributed by atoms with Gasteiger partial charge in [-0.15, -0.1) is 0 Å². The van der Waals surface area contributed by atoms with Gasteiger partial charge < -0.3 is 16.2 Å². The van der Waals surface area contributed by atoms with Gasteiger partial charge >= 0.3 is 5.97 Å². The Morgan fingerprint density at radius 1 is 1.38 bits per heavy atom. The van der Waals surface area contributed by atoms with Gasteiger partial charge in [0.2, 0.25) is 5.91 Å². The van der Waals surface area contributed by atoms with Gasteiger partial charge in [-0.1, -0.05) is 13.8 Å². The molecule has 0 spiro atoms. The zero-order valence-electron chi connectivity index (χ0n) is 10.0. The first-order valence-corrected chi connectivity index (χ1v) is 5.72. The summed E-state index contributed by atoms with van der Waals surface area (Å²) in [4.78, 5) is 21.6. The predicted octanol–water partition coefficient (Wildman–Crippen LogP) is 0.731. The van der Waals surface area contributed by atoms with E-state index in [0.717, 1.165) is 6.42 Å². The molecule has 5 nitrogen and oxygen atoms in total. The third-order valence-corrected chi connectivity index (χ3v) is 2.56. The van der Waals surface area contributed by atoms with Gasteiger partial charge in [0.15, 0.2) is 0 Å². The van der Waals surface area contributed by atoms with Crippen LogP contribution in [0.3, 0.4) is 0 Å². The Labute approximate surface area is 96.4 Å². The lowest BCUT2D eigenvalue weighted by molar-refractivity contribution is -0.137. The summed E-state index contributed by atoms with van der Waals surface area (Å²) < 4.78 is 0. The van der Waals surface area contributed by atoms with Crippen molar-refractivity contribution in [3.8, 4) is 0 Å². The van der Waals surface area contributed by atoms with E-state index in [4.69, 9.17) is 10.8 Å². The second kappa shape index (κ2) is 8.10. The third kappa shape index (κ3) is 7.23. The van der Waals surface area contributed by atoms with Crippen LogP contribution in [0.5, 0.6) is 0 Å². The number of amides is 1. The summed E-state index contributed by atoms with van der Waals surface area (Å²) in [6.07, 6.45) is 2.24. The molecule has 0 heterocycles. The first-order valence-electron chi connectivity index (χ1n) is 5.72. The molecule has 2 atom stereocenters. The van der Waals surface area contributed by atoms with Gasteiger partial charge in [0, 0.05) is 13.0 Å². The lowest BCUT2D eigenvalue weighted by atomic mass is 10.0.